The Kier molecular flexibility index (Phi) is 5.32. The van der Waals surface area contributed by atoms with Crippen molar-refractivity contribution in [3.8, 4) is 5.75 Å². The number of carbonyl (C=O) groups excluding carboxylic acids is 1. The Bertz CT molecular complexity index is 886. The van der Waals surface area contributed by atoms with Crippen LogP contribution in [0.1, 0.15) is 34.3 Å². The molecule has 5 nitrogen and oxygen atoms in total. The zero-order valence-electron chi connectivity index (χ0n) is 15.0. The third kappa shape index (κ3) is 4.85. The zero-order valence-corrected chi connectivity index (χ0v) is 15.8. The van der Waals surface area contributed by atoms with Crippen LogP contribution in [-0.2, 0) is 22.1 Å². The van der Waals surface area contributed by atoms with E-state index in [1.54, 1.807) is 31.4 Å². The van der Waals surface area contributed by atoms with Crippen LogP contribution in [0.4, 0.5) is 0 Å². The van der Waals surface area contributed by atoms with E-state index in [0.29, 0.717) is 17.7 Å². The summed E-state index contributed by atoms with van der Waals surface area (Å²) in [5, 5.41) is 0. The fraction of sp³-hybridized carbons (Fsp3) is 0.350. The fourth-order valence-electron chi connectivity index (χ4n) is 2.94. The van der Waals surface area contributed by atoms with Gasteiger partial charge in [0.25, 0.3) is 5.91 Å². The van der Waals surface area contributed by atoms with E-state index >= 15 is 0 Å². The Morgan fingerprint density at radius 1 is 1.12 bits per heavy atom. The Labute approximate surface area is 154 Å². The van der Waals surface area contributed by atoms with Crippen LogP contribution < -0.4 is 4.74 Å². The molecular formula is C20H23NO4S. The molecular weight excluding hydrogens is 350 g/mol. The van der Waals surface area contributed by atoms with Crippen molar-refractivity contribution < 1.29 is 17.9 Å². The standard InChI is InChI=1S/C20H23NO4S/c1-25-19-10-6-15(7-11-19)13-21(18-8-9-18)20(22)17-5-3-4-16(12-17)14-26(2,23)24/h3-7,10-12,18H,8-9,13-14H2,1-2H3. The summed E-state index contributed by atoms with van der Waals surface area (Å²) in [5.41, 5.74) is 2.21. The van der Waals surface area contributed by atoms with Gasteiger partial charge in [0.2, 0.25) is 0 Å². The molecule has 1 fully saturated rings. The molecule has 2 aromatic carbocycles. The minimum Gasteiger partial charge on any atom is -0.497 e. The number of sulfone groups is 1. The number of carbonyl (C=O) groups is 1. The molecule has 0 atom stereocenters. The van der Waals surface area contributed by atoms with Gasteiger partial charge in [-0.3, -0.25) is 4.79 Å². The van der Waals surface area contributed by atoms with E-state index in [1.807, 2.05) is 29.2 Å². The summed E-state index contributed by atoms with van der Waals surface area (Å²) < 4.78 is 28.2. The molecule has 0 aromatic heterocycles. The average Bonchev–Trinajstić information content (AvgIpc) is 3.43. The smallest absolute Gasteiger partial charge is 0.254 e. The lowest BCUT2D eigenvalue weighted by Gasteiger charge is -2.23. The highest BCUT2D eigenvalue weighted by atomic mass is 32.2. The maximum absolute atomic E-state index is 13.0. The van der Waals surface area contributed by atoms with Crippen LogP contribution in [0.25, 0.3) is 0 Å². The van der Waals surface area contributed by atoms with Crippen LogP contribution in [0, 0.1) is 0 Å². The van der Waals surface area contributed by atoms with Crippen molar-refractivity contribution in [2.75, 3.05) is 13.4 Å². The van der Waals surface area contributed by atoms with Crippen LogP contribution >= 0.6 is 0 Å². The Hall–Kier alpha value is -2.34. The monoisotopic (exact) mass is 373 g/mol. The predicted molar refractivity (Wildman–Crippen MR) is 101 cm³/mol. The van der Waals surface area contributed by atoms with Gasteiger partial charge in [-0.15, -0.1) is 0 Å². The molecule has 1 amide bonds. The Morgan fingerprint density at radius 3 is 2.38 bits per heavy atom. The Balaban J connectivity index is 1.79. The van der Waals surface area contributed by atoms with Crippen molar-refractivity contribution in [2.45, 2.75) is 31.2 Å². The first-order chi connectivity index (χ1) is 12.4. The molecule has 0 saturated heterocycles. The maximum Gasteiger partial charge on any atom is 0.254 e. The zero-order chi connectivity index (χ0) is 18.7. The molecule has 3 rings (SSSR count). The van der Waals surface area contributed by atoms with Gasteiger partial charge in [-0.25, -0.2) is 8.42 Å². The van der Waals surface area contributed by atoms with Crippen LogP contribution in [0.15, 0.2) is 48.5 Å². The first-order valence-corrected chi connectivity index (χ1v) is 10.6. The van der Waals surface area contributed by atoms with Crippen molar-refractivity contribution in [1.82, 2.24) is 4.90 Å². The molecule has 0 unspecified atom stereocenters. The first kappa shape index (κ1) is 18.5. The van der Waals surface area contributed by atoms with E-state index in [9.17, 15) is 13.2 Å². The van der Waals surface area contributed by atoms with Gasteiger partial charge >= 0.3 is 0 Å². The molecule has 6 heteroatoms. The number of rotatable bonds is 7. The number of ether oxygens (including phenoxy) is 1. The molecule has 0 aliphatic heterocycles. The molecule has 2 aromatic rings. The first-order valence-electron chi connectivity index (χ1n) is 8.56. The molecule has 0 N–H and O–H groups in total. The van der Waals surface area contributed by atoms with Crippen molar-refractivity contribution in [3.05, 3.63) is 65.2 Å². The molecule has 0 spiro atoms. The number of hydrogen-bond acceptors (Lipinski definition) is 4. The average molecular weight is 373 g/mol. The molecule has 138 valence electrons. The highest BCUT2D eigenvalue weighted by Gasteiger charge is 2.33. The lowest BCUT2D eigenvalue weighted by Crippen LogP contribution is -2.32. The lowest BCUT2D eigenvalue weighted by molar-refractivity contribution is 0.0730. The second kappa shape index (κ2) is 7.50. The van der Waals surface area contributed by atoms with Gasteiger partial charge < -0.3 is 9.64 Å². The van der Waals surface area contributed by atoms with Crippen LogP contribution in [-0.4, -0.2) is 38.6 Å². The molecule has 1 aliphatic carbocycles. The summed E-state index contributed by atoms with van der Waals surface area (Å²) in [6.45, 7) is 0.532. The summed E-state index contributed by atoms with van der Waals surface area (Å²) >= 11 is 0. The summed E-state index contributed by atoms with van der Waals surface area (Å²) in [6.07, 6.45) is 3.21. The minimum atomic E-state index is -3.14. The largest absolute Gasteiger partial charge is 0.497 e. The minimum absolute atomic E-state index is 0.0568. The third-order valence-electron chi connectivity index (χ3n) is 4.36. The highest BCUT2D eigenvalue weighted by molar-refractivity contribution is 7.89. The van der Waals surface area contributed by atoms with Crippen LogP contribution in [0.2, 0.25) is 0 Å². The number of hydrogen-bond donors (Lipinski definition) is 0. The van der Waals surface area contributed by atoms with E-state index in [2.05, 4.69) is 0 Å². The van der Waals surface area contributed by atoms with Crippen LogP contribution in [0.3, 0.4) is 0 Å². The van der Waals surface area contributed by atoms with Gasteiger partial charge in [0.1, 0.15) is 5.75 Å². The summed E-state index contributed by atoms with van der Waals surface area (Å²) in [7, 11) is -1.51. The molecule has 1 saturated carbocycles. The topological polar surface area (TPSA) is 63.7 Å². The van der Waals surface area contributed by atoms with Crippen molar-refractivity contribution in [1.29, 1.82) is 0 Å². The van der Waals surface area contributed by atoms with Gasteiger partial charge in [-0.2, -0.15) is 0 Å². The summed E-state index contributed by atoms with van der Waals surface area (Å²) in [5.74, 6) is 0.668. The second-order valence-corrected chi connectivity index (χ2v) is 8.92. The molecule has 0 heterocycles. The molecule has 0 radical (unpaired) electrons. The number of methoxy groups -OCH3 is 1. The number of benzene rings is 2. The van der Waals surface area contributed by atoms with E-state index in [1.165, 1.54) is 6.26 Å². The quantitative estimate of drug-likeness (QED) is 0.748. The van der Waals surface area contributed by atoms with Gasteiger partial charge in [0.15, 0.2) is 9.84 Å². The predicted octanol–water partition coefficient (Wildman–Crippen LogP) is 3.04. The highest BCUT2D eigenvalue weighted by Crippen LogP contribution is 2.30. The van der Waals surface area contributed by atoms with Crippen LogP contribution in [0.5, 0.6) is 5.75 Å². The Morgan fingerprint density at radius 2 is 1.81 bits per heavy atom. The summed E-state index contributed by atoms with van der Waals surface area (Å²) in [6, 6.07) is 14.9. The van der Waals surface area contributed by atoms with Gasteiger partial charge in [0, 0.05) is 24.4 Å². The maximum atomic E-state index is 13.0. The van der Waals surface area contributed by atoms with Crippen molar-refractivity contribution >= 4 is 15.7 Å². The number of amides is 1. The SMILES string of the molecule is COc1ccc(CN(C(=O)c2cccc(CS(C)(=O)=O)c2)C2CC2)cc1. The van der Waals surface area contributed by atoms with E-state index in [4.69, 9.17) is 4.74 Å². The molecule has 26 heavy (non-hydrogen) atoms. The van der Waals surface area contributed by atoms with Gasteiger partial charge in [-0.05, 0) is 48.2 Å². The van der Waals surface area contributed by atoms with Crippen molar-refractivity contribution in [3.63, 3.8) is 0 Å². The fourth-order valence-corrected chi connectivity index (χ4v) is 3.73. The second-order valence-electron chi connectivity index (χ2n) is 6.78. The van der Waals surface area contributed by atoms with Gasteiger partial charge in [0.05, 0.1) is 12.9 Å². The van der Waals surface area contributed by atoms with E-state index < -0.39 is 9.84 Å². The molecule has 1 aliphatic rings. The van der Waals surface area contributed by atoms with E-state index in [0.717, 1.165) is 24.2 Å². The normalized spacial score (nSPS) is 14.1. The van der Waals surface area contributed by atoms with Gasteiger partial charge in [-0.1, -0.05) is 24.3 Å². The molecule has 0 bridgehead atoms. The van der Waals surface area contributed by atoms with Crippen molar-refractivity contribution in [2.24, 2.45) is 0 Å². The lowest BCUT2D eigenvalue weighted by atomic mass is 10.1. The third-order valence-corrected chi connectivity index (χ3v) is 5.22. The van der Waals surface area contributed by atoms with E-state index in [-0.39, 0.29) is 17.7 Å². The number of nitrogens with zero attached hydrogens (tertiary/aromatic N) is 1. The summed E-state index contributed by atoms with van der Waals surface area (Å²) in [4.78, 5) is 14.9.